The molecule has 0 aliphatic heterocycles. The first-order valence-electron chi connectivity index (χ1n) is 19.5. The predicted octanol–water partition coefficient (Wildman–Crippen LogP) is 13.2. The minimum absolute atomic E-state index is 0.497. The molecule has 0 spiro atoms. The van der Waals surface area contributed by atoms with Crippen LogP contribution in [0.15, 0.2) is 212 Å². The summed E-state index contributed by atoms with van der Waals surface area (Å²) in [5.74, 6) is 1.94. The summed E-state index contributed by atoms with van der Waals surface area (Å²) in [5.41, 5.74) is 12.4. The lowest BCUT2D eigenvalue weighted by Gasteiger charge is -2.34. The first-order chi connectivity index (χ1) is 28.3. The molecule has 0 N–H and O–H groups in total. The zero-order valence-electron chi connectivity index (χ0n) is 31.0. The van der Waals surface area contributed by atoms with E-state index in [1.54, 1.807) is 0 Å². The number of hydrogen-bond acceptors (Lipinski definition) is 3. The second-order valence-corrected chi connectivity index (χ2v) is 14.7. The fourth-order valence-corrected chi connectivity index (χ4v) is 9.20. The van der Waals surface area contributed by atoms with Crippen molar-refractivity contribution >= 4 is 21.5 Å². The number of aromatic nitrogens is 3. The molecule has 0 saturated heterocycles. The van der Waals surface area contributed by atoms with E-state index in [9.17, 15) is 0 Å². The van der Waals surface area contributed by atoms with Gasteiger partial charge in [0.05, 0.1) is 5.41 Å². The molecular weight excluding hydrogens is 691 g/mol. The summed E-state index contributed by atoms with van der Waals surface area (Å²) in [5, 5.41) is 4.48. The quantitative estimate of drug-likeness (QED) is 0.160. The van der Waals surface area contributed by atoms with Crippen molar-refractivity contribution < 1.29 is 0 Å². The van der Waals surface area contributed by atoms with Crippen LogP contribution in [0, 0.1) is 0 Å². The molecule has 1 aromatic heterocycles. The first kappa shape index (κ1) is 32.9. The van der Waals surface area contributed by atoms with Crippen LogP contribution >= 0.6 is 0 Å². The molecule has 0 unspecified atom stereocenters. The van der Waals surface area contributed by atoms with E-state index in [0.29, 0.717) is 17.5 Å². The van der Waals surface area contributed by atoms with Crippen LogP contribution in [0.4, 0.5) is 0 Å². The monoisotopic (exact) mass is 725 g/mol. The molecule has 0 atom stereocenters. The fraction of sp³-hybridized carbons (Fsp3) is 0.0185. The van der Waals surface area contributed by atoms with Gasteiger partial charge in [0.25, 0.3) is 0 Å². The van der Waals surface area contributed by atoms with E-state index >= 15 is 0 Å². The highest BCUT2D eigenvalue weighted by Crippen LogP contribution is 2.57. The highest BCUT2D eigenvalue weighted by atomic mass is 15.0. The van der Waals surface area contributed by atoms with Crippen molar-refractivity contribution in [1.82, 2.24) is 15.0 Å². The summed E-state index contributed by atoms with van der Waals surface area (Å²) in [7, 11) is 0. The fourth-order valence-electron chi connectivity index (χ4n) is 9.20. The SMILES string of the molecule is c1ccc(-c2nc(-c3ccccc3)nc(-c3c4ccccc4c(-c4ccc5c(c4)C(c4ccccc4)(c4ccccc4)c4ccccc4-5)c4ccccc34)n2)cc1. The maximum Gasteiger partial charge on any atom is 0.165 e. The molecule has 0 radical (unpaired) electrons. The average molecular weight is 726 g/mol. The van der Waals surface area contributed by atoms with Crippen molar-refractivity contribution in [2.75, 3.05) is 0 Å². The van der Waals surface area contributed by atoms with E-state index in [2.05, 4.69) is 176 Å². The van der Waals surface area contributed by atoms with Crippen LogP contribution < -0.4 is 0 Å². The van der Waals surface area contributed by atoms with Crippen molar-refractivity contribution in [3.05, 3.63) is 235 Å². The van der Waals surface area contributed by atoms with Gasteiger partial charge < -0.3 is 0 Å². The number of fused-ring (bicyclic) bond motifs is 5. The number of hydrogen-bond donors (Lipinski definition) is 0. The maximum atomic E-state index is 5.24. The van der Waals surface area contributed by atoms with E-state index in [1.165, 1.54) is 44.5 Å². The molecule has 266 valence electrons. The van der Waals surface area contributed by atoms with Crippen LogP contribution in [0.1, 0.15) is 22.3 Å². The number of benzene rings is 9. The topological polar surface area (TPSA) is 38.7 Å². The normalized spacial score (nSPS) is 12.7. The van der Waals surface area contributed by atoms with Gasteiger partial charge in [-0.15, -0.1) is 0 Å². The minimum atomic E-state index is -0.497. The smallest absolute Gasteiger partial charge is 0.165 e. The Morgan fingerprint density at radius 2 is 0.684 bits per heavy atom. The molecule has 0 fully saturated rings. The van der Waals surface area contributed by atoms with Crippen LogP contribution in [0.5, 0.6) is 0 Å². The summed E-state index contributed by atoms with van der Waals surface area (Å²) in [6, 6.07) is 75.9. The lowest BCUT2D eigenvalue weighted by molar-refractivity contribution is 0.769. The highest BCUT2D eigenvalue weighted by Gasteiger charge is 2.46. The second-order valence-electron chi connectivity index (χ2n) is 14.7. The minimum Gasteiger partial charge on any atom is -0.208 e. The van der Waals surface area contributed by atoms with Gasteiger partial charge in [0.2, 0.25) is 0 Å². The number of nitrogens with zero attached hydrogens (tertiary/aromatic N) is 3. The van der Waals surface area contributed by atoms with Crippen molar-refractivity contribution in [3.63, 3.8) is 0 Å². The van der Waals surface area contributed by atoms with Gasteiger partial charge in [-0.1, -0.05) is 206 Å². The van der Waals surface area contributed by atoms with Crippen LogP contribution in [0.25, 0.3) is 78.0 Å². The van der Waals surface area contributed by atoms with Gasteiger partial charge in [-0.2, -0.15) is 0 Å². The van der Waals surface area contributed by atoms with Gasteiger partial charge in [-0.25, -0.2) is 15.0 Å². The van der Waals surface area contributed by atoms with Crippen LogP contribution in [0.3, 0.4) is 0 Å². The Kier molecular flexibility index (Phi) is 7.71. The summed E-state index contributed by atoms with van der Waals surface area (Å²) in [6.45, 7) is 0. The van der Waals surface area contributed by atoms with E-state index in [1.807, 2.05) is 36.4 Å². The Hall–Kier alpha value is -7.49. The van der Waals surface area contributed by atoms with Gasteiger partial charge in [0.15, 0.2) is 17.5 Å². The molecule has 1 aliphatic rings. The van der Waals surface area contributed by atoms with Gasteiger partial charge in [0, 0.05) is 16.7 Å². The highest BCUT2D eigenvalue weighted by molar-refractivity contribution is 6.21. The van der Waals surface area contributed by atoms with Gasteiger partial charge in [-0.3, -0.25) is 0 Å². The van der Waals surface area contributed by atoms with Crippen molar-refractivity contribution in [2.24, 2.45) is 0 Å². The molecular formula is C54H35N3. The van der Waals surface area contributed by atoms with E-state index in [4.69, 9.17) is 15.0 Å². The zero-order valence-corrected chi connectivity index (χ0v) is 31.0. The lowest BCUT2D eigenvalue weighted by Crippen LogP contribution is -2.28. The Morgan fingerprint density at radius 3 is 1.21 bits per heavy atom. The lowest BCUT2D eigenvalue weighted by atomic mass is 9.67. The molecule has 0 amide bonds. The average Bonchev–Trinajstić information content (AvgIpc) is 3.59. The molecule has 0 bridgehead atoms. The Balaban J connectivity index is 1.20. The Bertz CT molecular complexity index is 2950. The summed E-state index contributed by atoms with van der Waals surface area (Å²) in [4.78, 5) is 15.5. The molecule has 11 rings (SSSR count). The zero-order chi connectivity index (χ0) is 37.8. The maximum absolute atomic E-state index is 5.24. The van der Waals surface area contributed by atoms with Crippen LogP contribution in [-0.2, 0) is 5.41 Å². The van der Waals surface area contributed by atoms with E-state index in [0.717, 1.165) is 38.2 Å². The van der Waals surface area contributed by atoms with E-state index < -0.39 is 5.41 Å². The third kappa shape index (κ3) is 5.17. The van der Waals surface area contributed by atoms with Crippen LogP contribution in [-0.4, -0.2) is 15.0 Å². The molecule has 3 nitrogen and oxygen atoms in total. The van der Waals surface area contributed by atoms with Crippen molar-refractivity contribution in [2.45, 2.75) is 5.41 Å². The molecule has 0 saturated carbocycles. The first-order valence-corrected chi connectivity index (χ1v) is 19.5. The van der Waals surface area contributed by atoms with E-state index in [-0.39, 0.29) is 0 Å². The molecule has 9 aromatic carbocycles. The third-order valence-electron chi connectivity index (χ3n) is 11.6. The Morgan fingerprint density at radius 1 is 0.281 bits per heavy atom. The number of rotatable bonds is 6. The molecule has 1 aliphatic carbocycles. The standard InChI is InChI=1S/C54H35N3/c1-5-19-36(20-6-1)51-55-52(37-21-7-2-8-22-37)57-53(56-51)50-45-30-15-13-28-43(45)49(44-29-14-16-31-46(44)50)38-33-34-42-41-27-17-18-32-47(41)54(48(42)35-38,39-23-9-3-10-24-39)40-25-11-4-12-26-40/h1-35H. The predicted molar refractivity (Wildman–Crippen MR) is 234 cm³/mol. The van der Waals surface area contributed by atoms with Crippen molar-refractivity contribution in [3.8, 4) is 56.4 Å². The third-order valence-corrected chi connectivity index (χ3v) is 11.6. The Labute approximate surface area is 331 Å². The summed E-state index contributed by atoms with van der Waals surface area (Å²) < 4.78 is 0. The van der Waals surface area contributed by atoms with Gasteiger partial charge >= 0.3 is 0 Å². The summed E-state index contributed by atoms with van der Waals surface area (Å²) >= 11 is 0. The molecule has 57 heavy (non-hydrogen) atoms. The summed E-state index contributed by atoms with van der Waals surface area (Å²) in [6.07, 6.45) is 0. The van der Waals surface area contributed by atoms with Crippen molar-refractivity contribution in [1.29, 1.82) is 0 Å². The van der Waals surface area contributed by atoms with Gasteiger partial charge in [-0.05, 0) is 72.1 Å². The molecule has 3 heteroatoms. The molecule has 10 aromatic rings. The van der Waals surface area contributed by atoms with Crippen LogP contribution in [0.2, 0.25) is 0 Å². The largest absolute Gasteiger partial charge is 0.208 e. The second kappa shape index (κ2) is 13.4. The molecule has 1 heterocycles. The van der Waals surface area contributed by atoms with Gasteiger partial charge in [0.1, 0.15) is 0 Å².